The predicted molar refractivity (Wildman–Crippen MR) is 46.9 cm³/mol. The average molecular weight is 213 g/mol. The summed E-state index contributed by atoms with van der Waals surface area (Å²) in [6.07, 6.45) is 0. The zero-order chi connectivity index (χ0) is 11.0. The third-order valence-corrected chi connectivity index (χ3v) is 1.76. The normalized spacial score (nSPS) is 10.5. The Morgan fingerprint density at radius 3 is 2.60 bits per heavy atom. The lowest BCUT2D eigenvalue weighted by Crippen LogP contribution is -1.95. The highest BCUT2D eigenvalue weighted by molar-refractivity contribution is 5.70. The third-order valence-electron chi connectivity index (χ3n) is 1.76. The van der Waals surface area contributed by atoms with Gasteiger partial charge < -0.3 is 10.2 Å². The lowest BCUT2D eigenvalue weighted by Gasteiger charge is -2.01. The van der Waals surface area contributed by atoms with Crippen LogP contribution in [-0.4, -0.2) is 10.2 Å². The molecule has 0 unspecified atom stereocenters. The summed E-state index contributed by atoms with van der Waals surface area (Å²) in [5.41, 5.74) is 5.36. The molecule has 2 aromatic rings. The number of anilines is 1. The van der Waals surface area contributed by atoms with Crippen LogP contribution >= 0.6 is 0 Å². The second-order valence-electron chi connectivity index (χ2n) is 2.77. The molecule has 3 N–H and O–H groups in total. The van der Waals surface area contributed by atoms with Crippen molar-refractivity contribution in [1.29, 1.82) is 0 Å². The van der Waals surface area contributed by atoms with Crippen LogP contribution in [0.2, 0.25) is 0 Å². The van der Waals surface area contributed by atoms with Gasteiger partial charge in [0.2, 0.25) is 0 Å². The van der Waals surface area contributed by atoms with E-state index in [0.717, 1.165) is 12.1 Å². The van der Waals surface area contributed by atoms with Crippen LogP contribution in [0.3, 0.4) is 0 Å². The summed E-state index contributed by atoms with van der Waals surface area (Å²) in [5.74, 6) is -3.15. The molecule has 0 fully saturated rings. The molecule has 0 spiro atoms. The molecule has 1 aromatic carbocycles. The summed E-state index contributed by atoms with van der Waals surface area (Å²) in [7, 11) is 0. The molecule has 0 aliphatic rings. The number of nitrogen functional groups attached to an aromatic ring is 1. The molecule has 1 heterocycles. The minimum atomic E-state index is -1.09. The van der Waals surface area contributed by atoms with Crippen LogP contribution in [0.5, 0.6) is 0 Å². The van der Waals surface area contributed by atoms with Crippen molar-refractivity contribution in [1.82, 2.24) is 10.2 Å². The van der Waals surface area contributed by atoms with E-state index < -0.39 is 17.4 Å². The van der Waals surface area contributed by atoms with Crippen LogP contribution in [0.25, 0.3) is 11.5 Å². The number of halogens is 2. The number of rotatable bonds is 1. The van der Waals surface area contributed by atoms with Gasteiger partial charge in [-0.3, -0.25) is 0 Å². The number of hydrogen-bond acceptors (Lipinski definition) is 4. The molecule has 5 nitrogen and oxygen atoms in total. The molecule has 7 heteroatoms. The van der Waals surface area contributed by atoms with Crippen molar-refractivity contribution in [3.63, 3.8) is 0 Å². The summed E-state index contributed by atoms with van der Waals surface area (Å²) >= 11 is 0. The second kappa shape index (κ2) is 3.19. The SMILES string of the molecule is Nc1cc(F)c(F)cc1-c1n[nH]c(=O)o1. The number of H-pyrrole nitrogens is 1. The molecule has 15 heavy (non-hydrogen) atoms. The van der Waals surface area contributed by atoms with Gasteiger partial charge in [-0.25, -0.2) is 18.7 Å². The zero-order valence-electron chi connectivity index (χ0n) is 7.25. The van der Waals surface area contributed by atoms with Crippen molar-refractivity contribution >= 4 is 5.69 Å². The fourth-order valence-corrected chi connectivity index (χ4v) is 1.09. The summed E-state index contributed by atoms with van der Waals surface area (Å²) in [6.45, 7) is 0. The lowest BCUT2D eigenvalue weighted by atomic mass is 10.1. The van der Waals surface area contributed by atoms with Crippen molar-refractivity contribution in [2.45, 2.75) is 0 Å². The molecule has 78 valence electrons. The number of benzene rings is 1. The van der Waals surface area contributed by atoms with Crippen LogP contribution < -0.4 is 11.5 Å². The molecule has 0 atom stereocenters. The number of nitrogens with two attached hydrogens (primary N) is 1. The molecule has 2 rings (SSSR count). The Labute approximate surface area is 81.5 Å². The molecule has 0 amide bonds. The van der Waals surface area contributed by atoms with Crippen molar-refractivity contribution in [2.24, 2.45) is 0 Å². The Bertz CT molecular complexity index is 561. The fourth-order valence-electron chi connectivity index (χ4n) is 1.09. The standard InChI is InChI=1S/C8H5F2N3O2/c9-4-1-3(6(11)2-5(4)10)7-12-13-8(14)15-7/h1-2H,11H2,(H,13,14). The Morgan fingerprint density at radius 1 is 1.33 bits per heavy atom. The van der Waals surface area contributed by atoms with Gasteiger partial charge in [0, 0.05) is 11.8 Å². The molecule has 0 saturated carbocycles. The maximum absolute atomic E-state index is 12.9. The molecule has 0 bridgehead atoms. The van der Waals surface area contributed by atoms with E-state index in [0.29, 0.717) is 0 Å². The maximum atomic E-state index is 12.9. The largest absolute Gasteiger partial charge is 0.434 e. The number of hydrogen-bond donors (Lipinski definition) is 2. The third kappa shape index (κ3) is 1.58. The van der Waals surface area contributed by atoms with Gasteiger partial charge in [0.1, 0.15) is 0 Å². The van der Waals surface area contributed by atoms with Crippen molar-refractivity contribution in [2.75, 3.05) is 5.73 Å². The molecule has 0 aliphatic heterocycles. The van der Waals surface area contributed by atoms with Gasteiger partial charge >= 0.3 is 5.76 Å². The first-order chi connectivity index (χ1) is 7.08. The van der Waals surface area contributed by atoms with Crippen LogP contribution in [0.15, 0.2) is 21.3 Å². The van der Waals surface area contributed by atoms with Gasteiger partial charge in [0.15, 0.2) is 11.6 Å². The monoisotopic (exact) mass is 213 g/mol. The highest BCUT2D eigenvalue weighted by Crippen LogP contribution is 2.25. The molecular formula is C8H5F2N3O2. The van der Waals surface area contributed by atoms with Gasteiger partial charge in [-0.15, -0.1) is 5.10 Å². The number of nitrogens with one attached hydrogen (secondary N) is 1. The first kappa shape index (κ1) is 9.38. The van der Waals surface area contributed by atoms with E-state index in [1.165, 1.54) is 0 Å². The highest BCUT2D eigenvalue weighted by Gasteiger charge is 2.13. The van der Waals surface area contributed by atoms with E-state index >= 15 is 0 Å². The summed E-state index contributed by atoms with van der Waals surface area (Å²) < 4.78 is 30.1. The molecular weight excluding hydrogens is 208 g/mol. The van der Waals surface area contributed by atoms with Crippen molar-refractivity contribution in [3.8, 4) is 11.5 Å². The first-order valence-electron chi connectivity index (χ1n) is 3.88. The summed E-state index contributed by atoms with van der Waals surface area (Å²) in [4.78, 5) is 10.6. The topological polar surface area (TPSA) is 84.9 Å². The smallest absolute Gasteiger partial charge is 0.398 e. The second-order valence-corrected chi connectivity index (χ2v) is 2.77. The number of aromatic nitrogens is 2. The molecule has 0 aliphatic carbocycles. The van der Waals surface area contributed by atoms with E-state index in [4.69, 9.17) is 5.73 Å². The van der Waals surface area contributed by atoms with Gasteiger partial charge in [-0.1, -0.05) is 0 Å². The zero-order valence-corrected chi connectivity index (χ0v) is 7.25. The maximum Gasteiger partial charge on any atom is 0.434 e. The van der Waals surface area contributed by atoms with Gasteiger partial charge in [0.05, 0.1) is 5.56 Å². The van der Waals surface area contributed by atoms with Crippen LogP contribution in [-0.2, 0) is 0 Å². The minimum Gasteiger partial charge on any atom is -0.398 e. The molecule has 1 aromatic heterocycles. The first-order valence-corrected chi connectivity index (χ1v) is 3.88. The van der Waals surface area contributed by atoms with Gasteiger partial charge in [-0.2, -0.15) is 0 Å². The fraction of sp³-hybridized carbons (Fsp3) is 0. The van der Waals surface area contributed by atoms with E-state index in [1.54, 1.807) is 0 Å². The van der Waals surface area contributed by atoms with Crippen molar-refractivity contribution < 1.29 is 13.2 Å². The number of nitrogens with zero attached hydrogens (tertiary/aromatic N) is 1. The average Bonchev–Trinajstić information content (AvgIpc) is 2.58. The van der Waals surface area contributed by atoms with Gasteiger partial charge in [-0.05, 0) is 6.07 Å². The van der Waals surface area contributed by atoms with E-state index in [-0.39, 0.29) is 17.1 Å². The Balaban J connectivity index is 2.63. The van der Waals surface area contributed by atoms with E-state index in [9.17, 15) is 13.6 Å². The number of aromatic amines is 1. The van der Waals surface area contributed by atoms with E-state index in [2.05, 4.69) is 9.52 Å². The Morgan fingerprint density at radius 2 is 2.00 bits per heavy atom. The van der Waals surface area contributed by atoms with Gasteiger partial charge in [0.25, 0.3) is 5.89 Å². The van der Waals surface area contributed by atoms with Crippen molar-refractivity contribution in [3.05, 3.63) is 34.3 Å². The Hall–Kier alpha value is -2.18. The Kier molecular flexibility index (Phi) is 2.00. The lowest BCUT2D eigenvalue weighted by molar-refractivity contribution is 0.506. The van der Waals surface area contributed by atoms with E-state index in [1.807, 2.05) is 5.10 Å². The van der Waals surface area contributed by atoms with Crippen LogP contribution in [0.1, 0.15) is 0 Å². The molecule has 0 saturated heterocycles. The predicted octanol–water partition coefficient (Wildman–Crippen LogP) is 0.890. The summed E-state index contributed by atoms with van der Waals surface area (Å²) in [6, 6.07) is 1.60. The summed E-state index contributed by atoms with van der Waals surface area (Å²) in [5, 5.41) is 5.43. The minimum absolute atomic E-state index is 0.0206. The van der Waals surface area contributed by atoms with Crippen LogP contribution in [0.4, 0.5) is 14.5 Å². The highest BCUT2D eigenvalue weighted by atomic mass is 19.2. The molecule has 0 radical (unpaired) electrons. The quantitative estimate of drug-likeness (QED) is 0.689. The van der Waals surface area contributed by atoms with Crippen LogP contribution in [0, 0.1) is 11.6 Å².